The molecule has 1 atom stereocenters. The summed E-state index contributed by atoms with van der Waals surface area (Å²) in [6, 6.07) is 12.8. The Morgan fingerprint density at radius 1 is 0.969 bits per heavy atom. The number of nitrogens with one attached hydrogen (secondary N) is 1. The van der Waals surface area contributed by atoms with Crippen LogP contribution in [-0.2, 0) is 4.79 Å². The van der Waals surface area contributed by atoms with Crippen LogP contribution in [0.5, 0.6) is 5.75 Å². The van der Waals surface area contributed by atoms with Crippen LogP contribution in [-0.4, -0.2) is 34.2 Å². The largest absolute Gasteiger partial charge is 0.507 e. The molecule has 1 aliphatic carbocycles. The van der Waals surface area contributed by atoms with Gasteiger partial charge in [-0.2, -0.15) is 0 Å². The van der Waals surface area contributed by atoms with Crippen molar-refractivity contribution in [1.29, 1.82) is 0 Å². The summed E-state index contributed by atoms with van der Waals surface area (Å²) in [6.45, 7) is 1.10. The summed E-state index contributed by atoms with van der Waals surface area (Å²) in [5.74, 6) is -1.87. The molecule has 0 bridgehead atoms. The number of carbonyl (C=O) groups excluding carboxylic acids is 3. The van der Waals surface area contributed by atoms with Gasteiger partial charge in [-0.1, -0.05) is 24.3 Å². The molecule has 3 aromatic carbocycles. The molecule has 162 valence electrons. The maximum Gasteiger partial charge on any atom is 0.198 e. The summed E-state index contributed by atoms with van der Waals surface area (Å²) in [5, 5.41) is 23.1. The average Bonchev–Trinajstić information content (AvgIpc) is 2.75. The first kappa shape index (κ1) is 22.4. The molecule has 1 aliphatic rings. The van der Waals surface area contributed by atoms with Gasteiger partial charge in [0.1, 0.15) is 11.5 Å². The lowest BCUT2D eigenvalue weighted by molar-refractivity contribution is -0.119. The number of fused-ring (bicyclic) bond motifs is 2. The SMILES string of the molecule is CC(=O)C(CO)c1cc(Br)c(Nc2ccc(O)c3c2C(=O)c2ccccc2C3=O)c(Br)c1. The Hall–Kier alpha value is -2.81. The molecule has 0 aromatic heterocycles. The third kappa shape index (κ3) is 3.68. The van der Waals surface area contributed by atoms with E-state index in [4.69, 9.17) is 0 Å². The van der Waals surface area contributed by atoms with Gasteiger partial charge in [-0.05, 0) is 68.6 Å². The van der Waals surface area contributed by atoms with Gasteiger partial charge in [0.15, 0.2) is 11.6 Å². The number of aliphatic hydroxyl groups is 1. The number of aliphatic hydroxyl groups excluding tert-OH is 1. The van der Waals surface area contributed by atoms with Crippen molar-refractivity contribution < 1.29 is 24.6 Å². The first-order valence-corrected chi connectivity index (χ1v) is 11.2. The topological polar surface area (TPSA) is 104 Å². The van der Waals surface area contributed by atoms with E-state index in [0.29, 0.717) is 25.9 Å². The van der Waals surface area contributed by atoms with Crippen LogP contribution >= 0.6 is 31.9 Å². The van der Waals surface area contributed by atoms with Crippen LogP contribution in [0.1, 0.15) is 50.2 Å². The first-order valence-electron chi connectivity index (χ1n) is 9.66. The van der Waals surface area contributed by atoms with Crippen molar-refractivity contribution in [3.8, 4) is 5.75 Å². The third-order valence-electron chi connectivity index (χ3n) is 5.45. The summed E-state index contributed by atoms with van der Waals surface area (Å²) in [5.41, 5.74) is 2.11. The second-order valence-corrected chi connectivity index (χ2v) is 9.13. The monoisotopic (exact) mass is 557 g/mol. The van der Waals surface area contributed by atoms with Crippen molar-refractivity contribution in [1.82, 2.24) is 0 Å². The molecular weight excluding hydrogens is 542 g/mol. The maximum atomic E-state index is 13.3. The van der Waals surface area contributed by atoms with E-state index < -0.39 is 11.7 Å². The number of halogens is 2. The molecule has 32 heavy (non-hydrogen) atoms. The van der Waals surface area contributed by atoms with Crippen molar-refractivity contribution >= 4 is 60.6 Å². The molecule has 1 unspecified atom stereocenters. The predicted molar refractivity (Wildman–Crippen MR) is 127 cm³/mol. The normalized spacial score (nSPS) is 13.4. The lowest BCUT2D eigenvalue weighted by Crippen LogP contribution is -2.22. The van der Waals surface area contributed by atoms with E-state index in [0.717, 1.165) is 0 Å². The highest BCUT2D eigenvalue weighted by Gasteiger charge is 2.34. The molecule has 0 amide bonds. The first-order chi connectivity index (χ1) is 15.2. The number of Topliss-reactive ketones (excluding diaryl/α,β-unsaturated/α-hetero) is 1. The fourth-order valence-electron chi connectivity index (χ4n) is 3.83. The van der Waals surface area contributed by atoms with Crippen molar-refractivity contribution in [2.24, 2.45) is 0 Å². The Bertz CT molecular complexity index is 1280. The molecule has 3 N–H and O–H groups in total. The predicted octanol–water partition coefficient (Wildman–Crippen LogP) is 5.10. The molecule has 0 aliphatic heterocycles. The minimum Gasteiger partial charge on any atom is -0.507 e. The smallest absolute Gasteiger partial charge is 0.198 e. The second-order valence-electron chi connectivity index (χ2n) is 7.42. The molecule has 0 saturated heterocycles. The molecule has 0 saturated carbocycles. The van der Waals surface area contributed by atoms with E-state index in [1.54, 1.807) is 36.4 Å². The van der Waals surface area contributed by atoms with E-state index in [9.17, 15) is 24.6 Å². The Morgan fingerprint density at radius 3 is 2.06 bits per heavy atom. The van der Waals surface area contributed by atoms with Crippen LogP contribution in [0.15, 0.2) is 57.5 Å². The van der Waals surface area contributed by atoms with Crippen LogP contribution < -0.4 is 5.32 Å². The van der Waals surface area contributed by atoms with Crippen molar-refractivity contribution in [3.63, 3.8) is 0 Å². The number of phenols is 1. The zero-order valence-electron chi connectivity index (χ0n) is 16.8. The summed E-state index contributed by atoms with van der Waals surface area (Å²) >= 11 is 6.96. The van der Waals surface area contributed by atoms with Gasteiger partial charge in [-0.3, -0.25) is 14.4 Å². The fraction of sp³-hybridized carbons (Fsp3) is 0.125. The van der Waals surface area contributed by atoms with Gasteiger partial charge < -0.3 is 15.5 Å². The molecule has 0 radical (unpaired) electrons. The molecular formula is C24H17Br2NO5. The van der Waals surface area contributed by atoms with Crippen LogP contribution in [0.2, 0.25) is 0 Å². The molecule has 0 heterocycles. The fourth-order valence-corrected chi connectivity index (χ4v) is 5.25. The van der Waals surface area contributed by atoms with Crippen LogP contribution in [0.4, 0.5) is 11.4 Å². The average molecular weight is 559 g/mol. The second kappa shape index (κ2) is 8.61. The van der Waals surface area contributed by atoms with Gasteiger partial charge in [0.2, 0.25) is 0 Å². The van der Waals surface area contributed by atoms with Gasteiger partial charge in [0, 0.05) is 20.1 Å². The minimum absolute atomic E-state index is 0.0421. The maximum absolute atomic E-state index is 13.3. The Balaban J connectivity index is 1.82. The lowest BCUT2D eigenvalue weighted by atomic mass is 9.82. The molecule has 0 spiro atoms. The van der Waals surface area contributed by atoms with E-state index in [2.05, 4.69) is 37.2 Å². The van der Waals surface area contributed by atoms with Crippen molar-refractivity contribution in [2.75, 3.05) is 11.9 Å². The number of hydrogen-bond acceptors (Lipinski definition) is 6. The summed E-state index contributed by atoms with van der Waals surface area (Å²) in [6.07, 6.45) is 0. The number of rotatable bonds is 5. The Labute approximate surface area is 200 Å². The van der Waals surface area contributed by atoms with Crippen molar-refractivity contribution in [3.05, 3.63) is 85.3 Å². The molecule has 3 aromatic rings. The van der Waals surface area contributed by atoms with E-state index in [1.807, 2.05) is 0 Å². The Morgan fingerprint density at radius 2 is 1.53 bits per heavy atom. The van der Waals surface area contributed by atoms with E-state index in [1.165, 1.54) is 19.1 Å². The summed E-state index contributed by atoms with van der Waals surface area (Å²) in [7, 11) is 0. The number of hydrogen-bond donors (Lipinski definition) is 3. The summed E-state index contributed by atoms with van der Waals surface area (Å²) < 4.78 is 1.16. The lowest BCUT2D eigenvalue weighted by Gasteiger charge is -2.23. The third-order valence-corrected chi connectivity index (χ3v) is 6.70. The number of anilines is 2. The van der Waals surface area contributed by atoms with Gasteiger partial charge in [-0.15, -0.1) is 0 Å². The zero-order valence-corrected chi connectivity index (χ0v) is 20.0. The molecule has 0 fully saturated rings. The summed E-state index contributed by atoms with van der Waals surface area (Å²) in [4.78, 5) is 38.1. The van der Waals surface area contributed by atoms with Gasteiger partial charge in [0.05, 0.1) is 35.0 Å². The quantitative estimate of drug-likeness (QED) is 0.294. The van der Waals surface area contributed by atoms with Gasteiger partial charge in [0.25, 0.3) is 0 Å². The van der Waals surface area contributed by atoms with Crippen molar-refractivity contribution in [2.45, 2.75) is 12.8 Å². The number of carbonyl (C=O) groups is 3. The van der Waals surface area contributed by atoms with Gasteiger partial charge >= 0.3 is 0 Å². The molecule has 8 heteroatoms. The Kier molecular flexibility index (Phi) is 6.03. The van der Waals surface area contributed by atoms with E-state index >= 15 is 0 Å². The zero-order chi connectivity index (χ0) is 23.2. The standard InChI is InChI=1S/C24H17Br2NO5/c1-11(29)15(10-28)12-8-16(25)22(17(26)9-12)27-18-6-7-19(30)21-20(18)23(31)13-4-2-3-5-14(13)24(21)32/h2-9,15,27-28,30H,10H2,1H3. The highest BCUT2D eigenvalue weighted by Crippen LogP contribution is 2.41. The van der Waals surface area contributed by atoms with E-state index in [-0.39, 0.29) is 46.2 Å². The van der Waals surface area contributed by atoms with Gasteiger partial charge in [-0.25, -0.2) is 0 Å². The minimum atomic E-state index is -0.659. The van der Waals surface area contributed by atoms with Crippen LogP contribution in [0.3, 0.4) is 0 Å². The molecule has 6 nitrogen and oxygen atoms in total. The highest BCUT2D eigenvalue weighted by molar-refractivity contribution is 9.11. The van der Waals surface area contributed by atoms with Crippen LogP contribution in [0, 0.1) is 0 Å². The molecule has 4 rings (SSSR count). The number of ketones is 3. The highest BCUT2D eigenvalue weighted by atomic mass is 79.9. The number of phenolic OH excluding ortho intramolecular Hbond substituents is 1. The van der Waals surface area contributed by atoms with Crippen LogP contribution in [0.25, 0.3) is 0 Å². The number of aromatic hydroxyl groups is 1. The number of benzene rings is 3.